The van der Waals surface area contributed by atoms with E-state index in [-0.39, 0.29) is 18.1 Å². The van der Waals surface area contributed by atoms with Crippen LogP contribution in [0.3, 0.4) is 0 Å². The number of hydrogen-bond acceptors (Lipinski definition) is 4. The lowest BCUT2D eigenvalue weighted by molar-refractivity contribution is -0.118. The van der Waals surface area contributed by atoms with E-state index in [2.05, 4.69) is 16.0 Å². The number of benzene rings is 3. The number of amides is 1. The summed E-state index contributed by atoms with van der Waals surface area (Å²) in [6, 6.07) is 22.4. The van der Waals surface area contributed by atoms with Gasteiger partial charge in [0.15, 0.2) is 5.13 Å². The van der Waals surface area contributed by atoms with Crippen molar-refractivity contribution in [2.75, 3.05) is 4.90 Å². The molecule has 152 valence electrons. The molecule has 31 heavy (non-hydrogen) atoms. The Labute approximate surface area is 182 Å². The van der Waals surface area contributed by atoms with Crippen molar-refractivity contribution in [1.29, 1.82) is 0 Å². The van der Waals surface area contributed by atoms with Gasteiger partial charge in [0.1, 0.15) is 5.82 Å². The van der Waals surface area contributed by atoms with E-state index >= 15 is 0 Å². The maximum atomic E-state index is 13.7. The van der Waals surface area contributed by atoms with E-state index in [0.29, 0.717) is 21.9 Å². The van der Waals surface area contributed by atoms with E-state index in [1.165, 1.54) is 23.5 Å². The Balaban J connectivity index is 1.49. The number of fused-ring (bicyclic) bond motifs is 2. The standard InChI is InChI=1S/C25H18FN3OS/c26-21-9-10-22-23(14-21)31-25(28-22)29(16-18-4-3-11-27-15-18)24(30)13-17-7-8-19-5-1-2-6-20(19)12-17/h1-12,14-15H,13,16H2. The lowest BCUT2D eigenvalue weighted by Gasteiger charge is -2.20. The molecule has 6 heteroatoms. The van der Waals surface area contributed by atoms with Crippen LogP contribution in [0.15, 0.2) is 85.2 Å². The van der Waals surface area contributed by atoms with Gasteiger partial charge in [-0.15, -0.1) is 0 Å². The number of thiazole rings is 1. The number of carbonyl (C=O) groups excluding carboxylic acids is 1. The minimum absolute atomic E-state index is 0.0707. The summed E-state index contributed by atoms with van der Waals surface area (Å²) >= 11 is 1.31. The molecule has 0 N–H and O–H groups in total. The van der Waals surface area contributed by atoms with Crippen LogP contribution in [0.1, 0.15) is 11.1 Å². The Morgan fingerprint density at radius 1 is 0.935 bits per heavy atom. The number of anilines is 1. The minimum Gasteiger partial charge on any atom is -0.283 e. The molecule has 0 radical (unpaired) electrons. The zero-order valence-corrected chi connectivity index (χ0v) is 17.3. The van der Waals surface area contributed by atoms with Crippen LogP contribution < -0.4 is 4.90 Å². The van der Waals surface area contributed by atoms with Gasteiger partial charge in [0, 0.05) is 12.4 Å². The van der Waals surface area contributed by atoms with Crippen molar-refractivity contribution < 1.29 is 9.18 Å². The number of rotatable bonds is 5. The van der Waals surface area contributed by atoms with Gasteiger partial charge in [0.05, 0.1) is 23.2 Å². The monoisotopic (exact) mass is 427 g/mol. The highest BCUT2D eigenvalue weighted by Crippen LogP contribution is 2.31. The summed E-state index contributed by atoms with van der Waals surface area (Å²) in [7, 11) is 0. The maximum Gasteiger partial charge on any atom is 0.233 e. The Hall–Kier alpha value is -3.64. The van der Waals surface area contributed by atoms with E-state index in [4.69, 9.17) is 0 Å². The molecule has 0 unspecified atom stereocenters. The first-order valence-corrected chi connectivity index (χ1v) is 10.7. The molecule has 0 saturated carbocycles. The topological polar surface area (TPSA) is 46.1 Å². The number of halogens is 1. The average Bonchev–Trinajstić information content (AvgIpc) is 3.20. The third-order valence-corrected chi connectivity index (χ3v) is 6.15. The molecule has 2 heterocycles. The van der Waals surface area contributed by atoms with Gasteiger partial charge in [0.2, 0.25) is 5.91 Å². The molecule has 0 fully saturated rings. The molecule has 0 saturated heterocycles. The van der Waals surface area contributed by atoms with Gasteiger partial charge in [0.25, 0.3) is 0 Å². The van der Waals surface area contributed by atoms with Crippen molar-refractivity contribution in [3.05, 3.63) is 102 Å². The highest BCUT2D eigenvalue weighted by molar-refractivity contribution is 7.22. The van der Waals surface area contributed by atoms with Gasteiger partial charge in [-0.2, -0.15) is 0 Å². The van der Waals surface area contributed by atoms with Crippen molar-refractivity contribution in [1.82, 2.24) is 9.97 Å². The van der Waals surface area contributed by atoms with E-state index in [1.807, 2.05) is 48.5 Å². The SMILES string of the molecule is O=C(Cc1ccc2ccccc2c1)N(Cc1cccnc1)c1nc2ccc(F)cc2s1. The first-order valence-electron chi connectivity index (χ1n) is 9.89. The molecule has 0 atom stereocenters. The van der Waals surface area contributed by atoms with Gasteiger partial charge >= 0.3 is 0 Å². The zero-order chi connectivity index (χ0) is 21.2. The number of hydrogen-bond donors (Lipinski definition) is 0. The highest BCUT2D eigenvalue weighted by atomic mass is 32.1. The summed E-state index contributed by atoms with van der Waals surface area (Å²) in [6.07, 6.45) is 3.68. The van der Waals surface area contributed by atoms with Crippen molar-refractivity contribution >= 4 is 43.4 Å². The van der Waals surface area contributed by atoms with Crippen LogP contribution in [0.5, 0.6) is 0 Å². The van der Waals surface area contributed by atoms with Crippen LogP contribution in [-0.2, 0) is 17.8 Å². The van der Waals surface area contributed by atoms with Gasteiger partial charge in [-0.1, -0.05) is 59.9 Å². The Kier molecular flexibility index (Phi) is 5.14. The van der Waals surface area contributed by atoms with Crippen LogP contribution in [0.2, 0.25) is 0 Å². The molecular formula is C25H18FN3OS. The van der Waals surface area contributed by atoms with E-state index in [9.17, 15) is 9.18 Å². The van der Waals surface area contributed by atoms with E-state index in [1.54, 1.807) is 23.4 Å². The van der Waals surface area contributed by atoms with Crippen molar-refractivity contribution in [3.63, 3.8) is 0 Å². The first kappa shape index (κ1) is 19.3. The number of carbonyl (C=O) groups is 1. The smallest absolute Gasteiger partial charge is 0.233 e. The number of aromatic nitrogens is 2. The summed E-state index contributed by atoms with van der Waals surface area (Å²) < 4.78 is 14.4. The molecule has 0 aliphatic rings. The fourth-order valence-corrected chi connectivity index (χ4v) is 4.56. The van der Waals surface area contributed by atoms with Gasteiger partial charge in [-0.25, -0.2) is 9.37 Å². The largest absolute Gasteiger partial charge is 0.283 e. The third-order valence-electron chi connectivity index (χ3n) is 5.10. The van der Waals surface area contributed by atoms with Gasteiger partial charge in [-0.3, -0.25) is 14.7 Å². The fraction of sp³-hybridized carbons (Fsp3) is 0.0800. The third kappa shape index (κ3) is 4.15. The second kappa shape index (κ2) is 8.24. The summed E-state index contributed by atoms with van der Waals surface area (Å²) in [5.41, 5.74) is 2.52. The molecule has 5 rings (SSSR count). The lowest BCUT2D eigenvalue weighted by atomic mass is 10.0. The van der Waals surface area contributed by atoms with Crippen LogP contribution in [0.4, 0.5) is 9.52 Å². The average molecular weight is 428 g/mol. The Bertz CT molecular complexity index is 1380. The van der Waals surface area contributed by atoms with Crippen LogP contribution in [-0.4, -0.2) is 15.9 Å². The molecular weight excluding hydrogens is 409 g/mol. The van der Waals surface area contributed by atoms with E-state index in [0.717, 1.165) is 21.9 Å². The Morgan fingerprint density at radius 3 is 2.65 bits per heavy atom. The second-order valence-electron chi connectivity index (χ2n) is 7.31. The molecule has 0 bridgehead atoms. The zero-order valence-electron chi connectivity index (χ0n) is 16.5. The Morgan fingerprint density at radius 2 is 1.81 bits per heavy atom. The highest BCUT2D eigenvalue weighted by Gasteiger charge is 2.21. The summed E-state index contributed by atoms with van der Waals surface area (Å²) in [5.74, 6) is -0.386. The van der Waals surface area contributed by atoms with Gasteiger partial charge in [-0.05, 0) is 46.2 Å². The molecule has 1 amide bonds. The molecule has 2 aromatic heterocycles. The van der Waals surface area contributed by atoms with Crippen LogP contribution in [0, 0.1) is 5.82 Å². The number of nitrogens with zero attached hydrogens (tertiary/aromatic N) is 3. The fourth-order valence-electron chi connectivity index (χ4n) is 3.56. The molecule has 3 aromatic carbocycles. The predicted octanol–water partition coefficient (Wildman–Crippen LogP) is 5.76. The first-order chi connectivity index (χ1) is 15.2. The lowest BCUT2D eigenvalue weighted by Crippen LogP contribution is -2.31. The molecule has 0 aliphatic carbocycles. The van der Waals surface area contributed by atoms with Crippen molar-refractivity contribution in [2.45, 2.75) is 13.0 Å². The predicted molar refractivity (Wildman–Crippen MR) is 123 cm³/mol. The second-order valence-corrected chi connectivity index (χ2v) is 8.32. The summed E-state index contributed by atoms with van der Waals surface area (Å²) in [5, 5.41) is 2.79. The van der Waals surface area contributed by atoms with E-state index < -0.39 is 0 Å². The summed E-state index contributed by atoms with van der Waals surface area (Å²) in [6.45, 7) is 0.350. The van der Waals surface area contributed by atoms with Crippen LogP contribution >= 0.6 is 11.3 Å². The molecule has 0 spiro atoms. The van der Waals surface area contributed by atoms with Crippen LogP contribution in [0.25, 0.3) is 21.0 Å². The molecule has 4 nitrogen and oxygen atoms in total. The summed E-state index contributed by atoms with van der Waals surface area (Å²) in [4.78, 5) is 23.8. The van der Waals surface area contributed by atoms with Crippen molar-refractivity contribution in [2.24, 2.45) is 0 Å². The van der Waals surface area contributed by atoms with Crippen molar-refractivity contribution in [3.8, 4) is 0 Å². The quantitative estimate of drug-likeness (QED) is 0.358. The molecule has 0 aliphatic heterocycles. The minimum atomic E-state index is -0.316. The number of pyridine rings is 1. The maximum absolute atomic E-state index is 13.7. The molecule has 5 aromatic rings. The van der Waals surface area contributed by atoms with Gasteiger partial charge < -0.3 is 0 Å². The normalized spacial score (nSPS) is 11.1.